The van der Waals surface area contributed by atoms with Gasteiger partial charge in [-0.2, -0.15) is 0 Å². The molecular weight excluding hydrogens is 504 g/mol. The van der Waals surface area contributed by atoms with Crippen molar-refractivity contribution in [1.29, 1.82) is 0 Å². The van der Waals surface area contributed by atoms with Gasteiger partial charge >= 0.3 is 5.97 Å². The van der Waals surface area contributed by atoms with Gasteiger partial charge in [0, 0.05) is 11.6 Å². The Morgan fingerprint density at radius 3 is 2.69 bits per heavy atom. The van der Waals surface area contributed by atoms with E-state index >= 15 is 0 Å². The van der Waals surface area contributed by atoms with Crippen LogP contribution in [0.2, 0.25) is 5.02 Å². The molecule has 168 valence electrons. The first-order valence-corrected chi connectivity index (χ1v) is 10.9. The summed E-state index contributed by atoms with van der Waals surface area (Å²) >= 11 is 9.34. The number of carbonyl (C=O) groups is 1. The fourth-order valence-corrected chi connectivity index (χ4v) is 3.56. The molecule has 0 radical (unpaired) electrons. The summed E-state index contributed by atoms with van der Waals surface area (Å²) in [6, 6.07) is 7.58. The molecule has 2 aromatic rings. The number of ether oxygens (including phenoxy) is 3. The Bertz CT molecular complexity index is 1130. The minimum atomic E-state index is -0.674. The maximum Gasteiger partial charge on any atom is 0.363 e. The van der Waals surface area contributed by atoms with Crippen LogP contribution in [0.3, 0.4) is 0 Å². The molecule has 0 fully saturated rings. The van der Waals surface area contributed by atoms with E-state index < -0.39 is 10.9 Å². The molecule has 2 aromatic carbocycles. The number of benzene rings is 2. The minimum absolute atomic E-state index is 0.0208. The fraction of sp³-hybridized carbons (Fsp3) is 0.273. The van der Waals surface area contributed by atoms with Gasteiger partial charge in [0.25, 0.3) is 5.69 Å². The van der Waals surface area contributed by atoms with E-state index in [1.807, 2.05) is 20.8 Å². The highest BCUT2D eigenvalue weighted by Crippen LogP contribution is 2.38. The van der Waals surface area contributed by atoms with Crippen LogP contribution in [0, 0.1) is 16.0 Å². The van der Waals surface area contributed by atoms with Crippen LogP contribution < -0.4 is 9.47 Å². The summed E-state index contributed by atoms with van der Waals surface area (Å²) in [6.07, 6.45) is 1.54. The summed E-state index contributed by atoms with van der Waals surface area (Å²) in [7, 11) is 0. The molecule has 1 heterocycles. The molecule has 0 saturated carbocycles. The van der Waals surface area contributed by atoms with Crippen molar-refractivity contribution in [2.24, 2.45) is 10.9 Å². The van der Waals surface area contributed by atoms with Crippen LogP contribution in [0.4, 0.5) is 5.69 Å². The van der Waals surface area contributed by atoms with Gasteiger partial charge in [0.2, 0.25) is 5.90 Å². The van der Waals surface area contributed by atoms with Gasteiger partial charge in [0.05, 0.1) is 22.6 Å². The zero-order valence-electron chi connectivity index (χ0n) is 17.6. The van der Waals surface area contributed by atoms with Crippen LogP contribution in [-0.2, 0) is 9.53 Å². The molecule has 0 amide bonds. The van der Waals surface area contributed by atoms with E-state index in [0.717, 1.165) is 0 Å². The van der Waals surface area contributed by atoms with Crippen molar-refractivity contribution in [2.75, 3.05) is 13.2 Å². The molecule has 1 aliphatic rings. The molecule has 0 atom stereocenters. The second-order valence-electron chi connectivity index (χ2n) is 7.23. The van der Waals surface area contributed by atoms with E-state index in [4.69, 9.17) is 25.8 Å². The molecule has 1 aliphatic heterocycles. The maximum absolute atomic E-state index is 12.4. The summed E-state index contributed by atoms with van der Waals surface area (Å²) < 4.78 is 17.5. The van der Waals surface area contributed by atoms with Crippen molar-refractivity contribution in [3.05, 3.63) is 66.8 Å². The molecule has 8 nitrogen and oxygen atoms in total. The van der Waals surface area contributed by atoms with Gasteiger partial charge in [0.15, 0.2) is 17.2 Å². The largest absolute Gasteiger partial charge is 0.490 e. The molecule has 0 bridgehead atoms. The highest BCUT2D eigenvalue weighted by atomic mass is 79.9. The smallest absolute Gasteiger partial charge is 0.363 e. The summed E-state index contributed by atoms with van der Waals surface area (Å²) in [4.78, 5) is 27.1. The molecule has 0 aliphatic carbocycles. The van der Waals surface area contributed by atoms with E-state index in [1.54, 1.807) is 18.2 Å². The first-order valence-electron chi connectivity index (χ1n) is 9.75. The van der Waals surface area contributed by atoms with Crippen molar-refractivity contribution in [3.63, 3.8) is 0 Å². The third-order valence-corrected chi connectivity index (χ3v) is 5.12. The van der Waals surface area contributed by atoms with Crippen molar-refractivity contribution in [2.45, 2.75) is 20.8 Å². The Morgan fingerprint density at radius 2 is 2.03 bits per heavy atom. The number of rotatable bonds is 8. The number of aliphatic imine (C=N–C) groups is 1. The number of carbonyl (C=O) groups excluding carboxylic acids is 1. The average molecular weight is 524 g/mol. The molecule has 0 aromatic heterocycles. The predicted molar refractivity (Wildman–Crippen MR) is 124 cm³/mol. The van der Waals surface area contributed by atoms with E-state index in [0.29, 0.717) is 40.7 Å². The molecule has 3 rings (SSSR count). The summed E-state index contributed by atoms with van der Waals surface area (Å²) in [5.41, 5.74) is 0.646. The molecule has 0 saturated heterocycles. The predicted octanol–water partition coefficient (Wildman–Crippen LogP) is 5.79. The second-order valence-corrected chi connectivity index (χ2v) is 8.49. The van der Waals surface area contributed by atoms with Crippen molar-refractivity contribution < 1.29 is 23.9 Å². The van der Waals surface area contributed by atoms with E-state index in [-0.39, 0.29) is 27.9 Å². The zero-order chi connectivity index (χ0) is 23.4. The van der Waals surface area contributed by atoms with Gasteiger partial charge in [-0.15, -0.1) is 0 Å². The topological polar surface area (TPSA) is 100 Å². The number of hydrogen-bond donors (Lipinski definition) is 0. The van der Waals surface area contributed by atoms with Crippen molar-refractivity contribution >= 4 is 51.2 Å². The molecular formula is C22H20BrClN2O6. The van der Waals surface area contributed by atoms with Gasteiger partial charge in [-0.05, 0) is 64.7 Å². The lowest BCUT2D eigenvalue weighted by atomic mass is 10.1. The van der Waals surface area contributed by atoms with E-state index in [1.165, 1.54) is 18.2 Å². The normalized spacial score (nSPS) is 14.5. The van der Waals surface area contributed by atoms with Crippen LogP contribution in [-0.4, -0.2) is 30.0 Å². The molecule has 32 heavy (non-hydrogen) atoms. The number of nitrogens with zero attached hydrogens (tertiary/aromatic N) is 2. The number of halogens is 2. The molecule has 10 heteroatoms. The fourth-order valence-electron chi connectivity index (χ4n) is 2.80. The lowest BCUT2D eigenvalue weighted by Crippen LogP contribution is -2.07. The highest BCUT2D eigenvalue weighted by molar-refractivity contribution is 9.10. The van der Waals surface area contributed by atoms with Crippen LogP contribution >= 0.6 is 27.5 Å². The maximum atomic E-state index is 12.4. The third-order valence-electron chi connectivity index (χ3n) is 4.21. The highest BCUT2D eigenvalue weighted by Gasteiger charge is 2.26. The Kier molecular flexibility index (Phi) is 7.52. The zero-order valence-corrected chi connectivity index (χ0v) is 19.9. The quantitative estimate of drug-likeness (QED) is 0.188. The molecule has 0 spiro atoms. The third kappa shape index (κ3) is 5.46. The number of nitro groups is 1. The molecule has 0 unspecified atom stereocenters. The molecule has 0 N–H and O–H groups in total. The standard InChI is InChI=1S/C22H20BrClN2O6/c1-4-30-19-9-13(7-15(23)20(19)31-11-12(2)3)8-17-22(27)32-21(25-17)14-5-6-16(24)18(10-14)26(28)29/h5-10,12H,4,11H2,1-3H3/b17-8-. The number of nitro benzene ring substituents is 1. The first-order chi connectivity index (χ1) is 15.2. The van der Waals surface area contributed by atoms with Crippen molar-refractivity contribution in [3.8, 4) is 11.5 Å². The number of esters is 1. The van der Waals surface area contributed by atoms with Crippen LogP contribution in [0.1, 0.15) is 31.9 Å². The van der Waals surface area contributed by atoms with Crippen LogP contribution in [0.15, 0.2) is 45.5 Å². The lowest BCUT2D eigenvalue weighted by Gasteiger charge is -2.16. The summed E-state index contributed by atoms with van der Waals surface area (Å²) in [5, 5.41) is 11.1. The Morgan fingerprint density at radius 1 is 1.28 bits per heavy atom. The average Bonchev–Trinajstić information content (AvgIpc) is 3.07. The number of cyclic esters (lactones) is 1. The van der Waals surface area contributed by atoms with E-state index in [2.05, 4.69) is 20.9 Å². The van der Waals surface area contributed by atoms with E-state index in [9.17, 15) is 14.9 Å². The Balaban J connectivity index is 1.95. The number of hydrogen-bond acceptors (Lipinski definition) is 7. The van der Waals surface area contributed by atoms with Gasteiger partial charge in [-0.1, -0.05) is 25.4 Å². The SMILES string of the molecule is CCOc1cc(/C=C2\N=C(c3ccc(Cl)c([N+](=O)[O-])c3)OC2=O)cc(Br)c1OCC(C)C. The van der Waals surface area contributed by atoms with Crippen molar-refractivity contribution in [1.82, 2.24) is 0 Å². The lowest BCUT2D eigenvalue weighted by molar-refractivity contribution is -0.384. The second kappa shape index (κ2) is 10.1. The van der Waals surface area contributed by atoms with Crippen LogP contribution in [0.25, 0.3) is 6.08 Å². The minimum Gasteiger partial charge on any atom is -0.490 e. The summed E-state index contributed by atoms with van der Waals surface area (Å²) in [5.74, 6) is 0.726. The Hall–Kier alpha value is -2.91. The monoisotopic (exact) mass is 522 g/mol. The summed E-state index contributed by atoms with van der Waals surface area (Å²) in [6.45, 7) is 6.91. The van der Waals surface area contributed by atoms with Crippen LogP contribution in [0.5, 0.6) is 11.5 Å². The van der Waals surface area contributed by atoms with Gasteiger partial charge in [0.1, 0.15) is 5.02 Å². The van der Waals surface area contributed by atoms with Gasteiger partial charge in [-0.3, -0.25) is 10.1 Å². The first kappa shape index (κ1) is 23.7. The van der Waals surface area contributed by atoms with Gasteiger partial charge in [-0.25, -0.2) is 9.79 Å². The van der Waals surface area contributed by atoms with Gasteiger partial charge < -0.3 is 14.2 Å². The Labute approximate surface area is 198 Å².